The van der Waals surface area contributed by atoms with E-state index < -0.39 is 0 Å². The Bertz CT molecular complexity index is 576. The molecular formula is C12H15N5O. The zero-order valence-corrected chi connectivity index (χ0v) is 10.3. The van der Waals surface area contributed by atoms with Crippen molar-refractivity contribution >= 4 is 11.6 Å². The molecule has 0 aliphatic carbocycles. The van der Waals surface area contributed by atoms with Gasteiger partial charge in [0.1, 0.15) is 6.33 Å². The lowest BCUT2D eigenvalue weighted by molar-refractivity contribution is 0.0949. The fourth-order valence-electron chi connectivity index (χ4n) is 1.62. The molecule has 6 nitrogen and oxygen atoms in total. The summed E-state index contributed by atoms with van der Waals surface area (Å²) in [6, 6.07) is 5.28. The Morgan fingerprint density at radius 3 is 2.94 bits per heavy atom. The molecule has 1 heterocycles. The van der Waals surface area contributed by atoms with Gasteiger partial charge in [-0.15, -0.1) is 10.2 Å². The number of hydrogen-bond acceptors (Lipinski definition) is 4. The van der Waals surface area contributed by atoms with Crippen molar-refractivity contribution in [2.24, 2.45) is 7.05 Å². The number of benzene rings is 1. The van der Waals surface area contributed by atoms with Crippen LogP contribution in [0.2, 0.25) is 0 Å². The lowest BCUT2D eigenvalue weighted by atomic mass is 10.1. The third-order valence-electron chi connectivity index (χ3n) is 2.83. The van der Waals surface area contributed by atoms with Crippen LogP contribution in [0, 0.1) is 6.92 Å². The Kier molecular flexibility index (Phi) is 3.27. The molecule has 3 N–H and O–H groups in total. The van der Waals surface area contributed by atoms with Crippen molar-refractivity contribution < 1.29 is 4.79 Å². The number of amides is 1. The minimum Gasteiger partial charge on any atom is -0.398 e. The minimum absolute atomic E-state index is 0.164. The van der Waals surface area contributed by atoms with Gasteiger partial charge in [0.15, 0.2) is 5.82 Å². The molecule has 0 unspecified atom stereocenters. The Balaban J connectivity index is 2.09. The minimum atomic E-state index is -0.164. The third kappa shape index (κ3) is 2.32. The molecule has 0 aliphatic heterocycles. The summed E-state index contributed by atoms with van der Waals surface area (Å²) in [5, 5.41) is 10.4. The lowest BCUT2D eigenvalue weighted by Crippen LogP contribution is -2.25. The van der Waals surface area contributed by atoms with Gasteiger partial charge >= 0.3 is 0 Å². The molecule has 0 bridgehead atoms. The molecule has 0 radical (unpaired) electrons. The molecule has 0 atom stereocenters. The van der Waals surface area contributed by atoms with Crippen LogP contribution in [0.1, 0.15) is 21.7 Å². The average Bonchev–Trinajstić information content (AvgIpc) is 2.75. The first-order valence-electron chi connectivity index (χ1n) is 5.55. The van der Waals surface area contributed by atoms with E-state index in [0.717, 1.165) is 5.56 Å². The second-order valence-electron chi connectivity index (χ2n) is 4.06. The number of rotatable bonds is 3. The van der Waals surface area contributed by atoms with E-state index in [0.29, 0.717) is 23.6 Å². The number of nitrogens with two attached hydrogens (primary N) is 1. The van der Waals surface area contributed by atoms with Crippen LogP contribution in [-0.4, -0.2) is 20.7 Å². The summed E-state index contributed by atoms with van der Waals surface area (Å²) in [6.45, 7) is 2.16. The van der Waals surface area contributed by atoms with Gasteiger partial charge in [0.25, 0.3) is 5.91 Å². The first-order chi connectivity index (χ1) is 8.59. The number of anilines is 1. The van der Waals surface area contributed by atoms with Crippen LogP contribution in [0.5, 0.6) is 0 Å². The van der Waals surface area contributed by atoms with Gasteiger partial charge in [0, 0.05) is 18.3 Å². The van der Waals surface area contributed by atoms with Crippen molar-refractivity contribution in [3.05, 3.63) is 41.5 Å². The van der Waals surface area contributed by atoms with E-state index >= 15 is 0 Å². The second-order valence-corrected chi connectivity index (χ2v) is 4.06. The third-order valence-corrected chi connectivity index (χ3v) is 2.83. The van der Waals surface area contributed by atoms with Gasteiger partial charge < -0.3 is 15.6 Å². The van der Waals surface area contributed by atoms with Crippen molar-refractivity contribution in [1.29, 1.82) is 0 Å². The van der Waals surface area contributed by atoms with Crippen molar-refractivity contribution in [3.63, 3.8) is 0 Å². The van der Waals surface area contributed by atoms with Crippen molar-refractivity contribution in [1.82, 2.24) is 20.1 Å². The molecule has 1 amide bonds. The van der Waals surface area contributed by atoms with Gasteiger partial charge in [-0.05, 0) is 24.6 Å². The van der Waals surface area contributed by atoms with Gasteiger partial charge in [-0.3, -0.25) is 4.79 Å². The molecule has 1 aromatic carbocycles. The summed E-state index contributed by atoms with van der Waals surface area (Å²) in [6.07, 6.45) is 1.59. The SMILES string of the molecule is Cc1c(N)cccc1C(=O)NCc1nncn1C. The normalized spacial score (nSPS) is 10.3. The fourth-order valence-corrected chi connectivity index (χ4v) is 1.62. The van der Waals surface area contributed by atoms with Crippen LogP contribution in [0.25, 0.3) is 0 Å². The monoisotopic (exact) mass is 245 g/mol. The van der Waals surface area contributed by atoms with E-state index in [-0.39, 0.29) is 5.91 Å². The summed E-state index contributed by atoms with van der Waals surface area (Å²) >= 11 is 0. The van der Waals surface area contributed by atoms with Crippen LogP contribution < -0.4 is 11.1 Å². The zero-order valence-electron chi connectivity index (χ0n) is 10.3. The van der Waals surface area contributed by atoms with Crippen LogP contribution in [0.15, 0.2) is 24.5 Å². The molecule has 1 aromatic heterocycles. The van der Waals surface area contributed by atoms with Crippen molar-refractivity contribution in [2.75, 3.05) is 5.73 Å². The predicted octanol–water partition coefficient (Wildman–Crippen LogP) is 0.636. The molecule has 0 spiro atoms. The van der Waals surface area contributed by atoms with Gasteiger partial charge in [-0.25, -0.2) is 0 Å². The number of hydrogen-bond donors (Lipinski definition) is 2. The Morgan fingerprint density at radius 1 is 1.50 bits per heavy atom. The number of nitrogens with one attached hydrogen (secondary N) is 1. The summed E-state index contributed by atoms with van der Waals surface area (Å²) < 4.78 is 1.76. The Labute approximate surface area is 105 Å². The number of aryl methyl sites for hydroxylation is 1. The van der Waals surface area contributed by atoms with E-state index in [4.69, 9.17) is 5.73 Å². The maximum atomic E-state index is 12.0. The number of carbonyl (C=O) groups is 1. The van der Waals surface area contributed by atoms with Crippen LogP contribution in [-0.2, 0) is 13.6 Å². The standard InChI is InChI=1S/C12H15N5O/c1-8-9(4-3-5-10(8)13)12(18)14-6-11-16-15-7-17(11)2/h3-5,7H,6,13H2,1-2H3,(H,14,18). The Hall–Kier alpha value is -2.37. The van der Waals surface area contributed by atoms with E-state index in [9.17, 15) is 4.79 Å². The van der Waals surface area contributed by atoms with Crippen LogP contribution >= 0.6 is 0 Å². The average molecular weight is 245 g/mol. The van der Waals surface area contributed by atoms with Crippen LogP contribution in [0.3, 0.4) is 0 Å². The highest BCUT2D eigenvalue weighted by atomic mass is 16.1. The lowest BCUT2D eigenvalue weighted by Gasteiger charge is -2.08. The number of carbonyl (C=O) groups excluding carboxylic acids is 1. The molecule has 6 heteroatoms. The van der Waals surface area contributed by atoms with Gasteiger partial charge in [-0.2, -0.15) is 0 Å². The molecular weight excluding hydrogens is 230 g/mol. The highest BCUT2D eigenvalue weighted by molar-refractivity contribution is 5.96. The summed E-state index contributed by atoms with van der Waals surface area (Å²) in [4.78, 5) is 12.0. The summed E-state index contributed by atoms with van der Waals surface area (Å²) in [7, 11) is 1.83. The molecule has 0 fully saturated rings. The number of nitrogens with zero attached hydrogens (tertiary/aromatic N) is 3. The van der Waals surface area contributed by atoms with Crippen molar-refractivity contribution in [2.45, 2.75) is 13.5 Å². The molecule has 18 heavy (non-hydrogen) atoms. The van der Waals surface area contributed by atoms with Gasteiger partial charge in [0.2, 0.25) is 0 Å². The highest BCUT2D eigenvalue weighted by Gasteiger charge is 2.11. The quantitative estimate of drug-likeness (QED) is 0.777. The fraction of sp³-hybridized carbons (Fsp3) is 0.250. The molecule has 2 rings (SSSR count). The molecule has 0 saturated heterocycles. The van der Waals surface area contributed by atoms with Gasteiger partial charge in [0.05, 0.1) is 6.54 Å². The predicted molar refractivity (Wildman–Crippen MR) is 67.8 cm³/mol. The number of nitrogen functional groups attached to an aromatic ring is 1. The van der Waals surface area contributed by atoms with Crippen molar-refractivity contribution in [3.8, 4) is 0 Å². The largest absolute Gasteiger partial charge is 0.398 e. The maximum absolute atomic E-state index is 12.0. The first kappa shape index (κ1) is 12.1. The zero-order chi connectivity index (χ0) is 13.1. The molecule has 0 saturated carbocycles. The van der Waals surface area contributed by atoms with Crippen LogP contribution in [0.4, 0.5) is 5.69 Å². The Morgan fingerprint density at radius 2 is 2.28 bits per heavy atom. The van der Waals surface area contributed by atoms with E-state index in [1.165, 1.54) is 0 Å². The van der Waals surface area contributed by atoms with Gasteiger partial charge in [-0.1, -0.05) is 6.07 Å². The van der Waals surface area contributed by atoms with E-state index in [1.54, 1.807) is 29.1 Å². The molecule has 2 aromatic rings. The first-order valence-corrected chi connectivity index (χ1v) is 5.55. The number of aromatic nitrogens is 3. The second kappa shape index (κ2) is 4.87. The summed E-state index contributed by atoms with van der Waals surface area (Å²) in [5.74, 6) is 0.535. The molecule has 94 valence electrons. The van der Waals surface area contributed by atoms with E-state index in [1.807, 2.05) is 14.0 Å². The topological polar surface area (TPSA) is 85.8 Å². The van der Waals surface area contributed by atoms with E-state index in [2.05, 4.69) is 15.5 Å². The summed E-state index contributed by atoms with van der Waals surface area (Å²) in [5.41, 5.74) is 7.75. The molecule has 0 aliphatic rings. The highest BCUT2D eigenvalue weighted by Crippen LogP contribution is 2.15. The smallest absolute Gasteiger partial charge is 0.252 e. The maximum Gasteiger partial charge on any atom is 0.252 e.